The molecule has 0 bridgehead atoms. The normalized spacial score (nSPS) is 10.8. The average Bonchev–Trinajstić information content (AvgIpc) is 2.79. The molecule has 100 valence electrons. The Labute approximate surface area is 119 Å². The number of H-pyrrole nitrogens is 1. The van der Waals surface area contributed by atoms with Crippen LogP contribution in [0.15, 0.2) is 35.1 Å². The van der Waals surface area contributed by atoms with Gasteiger partial charge in [-0.05, 0) is 18.6 Å². The number of benzene rings is 1. The first-order chi connectivity index (χ1) is 9.56. The highest BCUT2D eigenvalue weighted by Gasteiger charge is 2.09. The summed E-state index contributed by atoms with van der Waals surface area (Å²) < 4.78 is 1.24. The van der Waals surface area contributed by atoms with Crippen LogP contribution in [0.1, 0.15) is 11.1 Å². The number of aromatic nitrogens is 4. The lowest BCUT2D eigenvalue weighted by Crippen LogP contribution is -2.13. The van der Waals surface area contributed by atoms with E-state index in [9.17, 15) is 4.79 Å². The number of rotatable bonds is 2. The van der Waals surface area contributed by atoms with E-state index in [1.165, 1.54) is 4.52 Å². The van der Waals surface area contributed by atoms with E-state index >= 15 is 0 Å². The van der Waals surface area contributed by atoms with Crippen LogP contribution < -0.4 is 11.4 Å². The minimum Gasteiger partial charge on any atom is -0.389 e. The van der Waals surface area contributed by atoms with E-state index in [-0.39, 0.29) is 5.69 Å². The lowest BCUT2D eigenvalue weighted by molar-refractivity contribution is 0.880. The van der Waals surface area contributed by atoms with Crippen molar-refractivity contribution < 1.29 is 0 Å². The molecule has 0 fully saturated rings. The van der Waals surface area contributed by atoms with Crippen molar-refractivity contribution in [1.29, 1.82) is 0 Å². The van der Waals surface area contributed by atoms with Gasteiger partial charge >= 0.3 is 5.69 Å². The number of aromatic amines is 1. The van der Waals surface area contributed by atoms with Gasteiger partial charge in [0.1, 0.15) is 4.99 Å². The third-order valence-electron chi connectivity index (χ3n) is 3.04. The van der Waals surface area contributed by atoms with Gasteiger partial charge in [-0.15, -0.1) is 0 Å². The smallest absolute Gasteiger partial charge is 0.364 e. The molecule has 20 heavy (non-hydrogen) atoms. The predicted octanol–water partition coefficient (Wildman–Crippen LogP) is 1.03. The molecule has 0 radical (unpaired) electrons. The summed E-state index contributed by atoms with van der Waals surface area (Å²) in [6.45, 7) is 1.92. The Morgan fingerprint density at radius 1 is 1.35 bits per heavy atom. The highest BCUT2D eigenvalue weighted by Crippen LogP contribution is 2.21. The Bertz CT molecular complexity index is 863. The topological polar surface area (TPSA) is 89.1 Å². The summed E-state index contributed by atoms with van der Waals surface area (Å²) in [5.74, 6) is 0. The standard InChI is InChI=1S/C13H11N5OS/c1-7-6-10-15-16-13(19)18(10)17-11(7)8-2-4-9(5-3-8)12(14)20/h2-6H,1H3,(H2,14,20)(H,16,19). The summed E-state index contributed by atoms with van der Waals surface area (Å²) in [6.07, 6.45) is 0. The van der Waals surface area contributed by atoms with Gasteiger partial charge in [0, 0.05) is 11.1 Å². The lowest BCUT2D eigenvalue weighted by Gasteiger charge is -2.06. The minimum atomic E-state index is -0.360. The van der Waals surface area contributed by atoms with Crippen LogP contribution in [0.25, 0.3) is 16.9 Å². The fourth-order valence-corrected chi connectivity index (χ4v) is 2.15. The number of nitrogens with zero attached hydrogens (tertiary/aromatic N) is 3. The molecule has 3 N–H and O–H groups in total. The summed E-state index contributed by atoms with van der Waals surface area (Å²) in [6, 6.07) is 9.23. The second-order valence-corrected chi connectivity index (χ2v) is 4.86. The number of nitrogens with two attached hydrogens (primary N) is 1. The van der Waals surface area contributed by atoms with Crippen LogP contribution in [0.4, 0.5) is 0 Å². The van der Waals surface area contributed by atoms with Gasteiger partial charge in [-0.2, -0.15) is 14.7 Å². The third-order valence-corrected chi connectivity index (χ3v) is 3.27. The molecule has 0 saturated carbocycles. The number of thiocarbonyl (C=S) groups is 1. The van der Waals surface area contributed by atoms with Crippen LogP contribution in [0.3, 0.4) is 0 Å². The van der Waals surface area contributed by atoms with Crippen molar-refractivity contribution in [2.24, 2.45) is 5.73 Å². The van der Waals surface area contributed by atoms with Crippen LogP contribution in [0, 0.1) is 6.92 Å². The summed E-state index contributed by atoms with van der Waals surface area (Å²) in [7, 11) is 0. The van der Waals surface area contributed by atoms with E-state index in [2.05, 4.69) is 15.3 Å². The highest BCUT2D eigenvalue weighted by molar-refractivity contribution is 7.80. The zero-order valence-corrected chi connectivity index (χ0v) is 11.4. The van der Waals surface area contributed by atoms with Gasteiger partial charge < -0.3 is 5.73 Å². The lowest BCUT2D eigenvalue weighted by atomic mass is 10.1. The van der Waals surface area contributed by atoms with Crippen LogP contribution in [-0.2, 0) is 0 Å². The molecule has 0 aliphatic heterocycles. The molecule has 3 rings (SSSR count). The van der Waals surface area contributed by atoms with Gasteiger partial charge in [-0.25, -0.2) is 9.89 Å². The first-order valence-corrected chi connectivity index (χ1v) is 6.32. The van der Waals surface area contributed by atoms with E-state index in [0.29, 0.717) is 10.6 Å². The van der Waals surface area contributed by atoms with Crippen LogP contribution in [0.5, 0.6) is 0 Å². The van der Waals surface area contributed by atoms with E-state index in [1.54, 1.807) is 0 Å². The average molecular weight is 285 g/mol. The van der Waals surface area contributed by atoms with Crippen molar-refractivity contribution in [3.8, 4) is 11.3 Å². The molecule has 0 aliphatic rings. The molecular weight excluding hydrogens is 274 g/mol. The maximum absolute atomic E-state index is 11.6. The molecule has 1 aromatic carbocycles. The third kappa shape index (κ3) is 1.97. The first kappa shape index (κ1) is 12.5. The molecule has 2 heterocycles. The van der Waals surface area contributed by atoms with E-state index in [1.807, 2.05) is 37.3 Å². The van der Waals surface area contributed by atoms with Gasteiger partial charge in [-0.3, -0.25) is 0 Å². The minimum absolute atomic E-state index is 0.350. The van der Waals surface area contributed by atoms with Crippen LogP contribution >= 0.6 is 12.2 Å². The van der Waals surface area contributed by atoms with E-state index in [0.717, 1.165) is 22.4 Å². The van der Waals surface area contributed by atoms with Crippen molar-refractivity contribution in [1.82, 2.24) is 19.8 Å². The fourth-order valence-electron chi connectivity index (χ4n) is 2.01. The molecule has 6 nitrogen and oxygen atoms in total. The zero-order chi connectivity index (χ0) is 14.3. The molecule has 0 atom stereocenters. The quantitative estimate of drug-likeness (QED) is 0.686. The summed E-state index contributed by atoms with van der Waals surface area (Å²) in [5, 5.41) is 10.6. The SMILES string of the molecule is Cc1cc2n[nH]c(=O)n2nc1-c1ccc(C(N)=S)cc1. The van der Waals surface area contributed by atoms with Crippen molar-refractivity contribution in [3.63, 3.8) is 0 Å². The van der Waals surface area contributed by atoms with Gasteiger partial charge in [0.15, 0.2) is 5.65 Å². The zero-order valence-electron chi connectivity index (χ0n) is 10.6. The molecule has 0 amide bonds. The maximum Gasteiger partial charge on any atom is 0.364 e. The fraction of sp³-hybridized carbons (Fsp3) is 0.0769. The molecule has 0 aliphatic carbocycles. The van der Waals surface area contributed by atoms with Crippen LogP contribution in [-0.4, -0.2) is 24.8 Å². The Kier molecular flexibility index (Phi) is 2.83. The van der Waals surface area contributed by atoms with Gasteiger partial charge in [0.05, 0.1) is 5.69 Å². The predicted molar refractivity (Wildman–Crippen MR) is 79.7 cm³/mol. The summed E-state index contributed by atoms with van der Waals surface area (Å²) in [4.78, 5) is 11.9. The molecular formula is C13H11N5OS. The summed E-state index contributed by atoms with van der Waals surface area (Å²) in [5.41, 5.74) is 9.04. The monoisotopic (exact) mass is 285 g/mol. The number of hydrogen-bond acceptors (Lipinski definition) is 4. The van der Waals surface area contributed by atoms with E-state index in [4.69, 9.17) is 18.0 Å². The molecule has 2 aromatic heterocycles. The Morgan fingerprint density at radius 3 is 2.70 bits per heavy atom. The highest BCUT2D eigenvalue weighted by atomic mass is 32.1. The first-order valence-electron chi connectivity index (χ1n) is 5.91. The maximum atomic E-state index is 11.6. The van der Waals surface area contributed by atoms with Crippen LogP contribution in [0.2, 0.25) is 0 Å². The van der Waals surface area contributed by atoms with E-state index < -0.39 is 0 Å². The Morgan fingerprint density at radius 2 is 2.05 bits per heavy atom. The van der Waals surface area contributed by atoms with Gasteiger partial charge in [-0.1, -0.05) is 36.5 Å². The molecule has 0 spiro atoms. The Balaban J connectivity index is 2.17. The number of hydrogen-bond donors (Lipinski definition) is 2. The number of fused-ring (bicyclic) bond motifs is 1. The van der Waals surface area contributed by atoms with Crippen molar-refractivity contribution >= 4 is 22.9 Å². The number of nitrogens with one attached hydrogen (secondary N) is 1. The summed E-state index contributed by atoms with van der Waals surface area (Å²) >= 11 is 4.92. The second kappa shape index (κ2) is 4.53. The van der Waals surface area contributed by atoms with Crippen molar-refractivity contribution in [2.45, 2.75) is 6.92 Å². The molecule has 0 unspecified atom stereocenters. The Hall–Kier alpha value is -2.54. The van der Waals surface area contributed by atoms with Crippen molar-refractivity contribution in [3.05, 3.63) is 51.9 Å². The van der Waals surface area contributed by atoms with Gasteiger partial charge in [0.25, 0.3) is 0 Å². The molecule has 0 saturated heterocycles. The molecule has 7 heteroatoms. The van der Waals surface area contributed by atoms with Gasteiger partial charge in [0.2, 0.25) is 0 Å². The number of aryl methyl sites for hydroxylation is 1. The molecule has 3 aromatic rings. The largest absolute Gasteiger partial charge is 0.389 e. The van der Waals surface area contributed by atoms with Crippen molar-refractivity contribution in [2.75, 3.05) is 0 Å². The second-order valence-electron chi connectivity index (χ2n) is 4.42.